The monoisotopic (exact) mass is 1770 g/mol. The van der Waals surface area contributed by atoms with E-state index in [1.807, 2.05) is 84.0 Å². The van der Waals surface area contributed by atoms with Crippen molar-refractivity contribution in [1.29, 1.82) is 0 Å². The molecule has 680 valence electrons. The standard InChI is InChI=1S/2C12H15NO2.C12H13NO2.C11H13NO3.C10H15NO3S.C10H11NO2S.C10H13NO2.C10H14O2.C9H12O2.CH4/c1-7(2)10-4-9(14)5-11-12(10)15-6-8(3)13-11;2*1-7(2)8-3-5-10(14)12-9(8)4-6-11(15)13-12;1-6(2)7-3-4-8(13)10-11(7)15-5-9(14)12-10;1-7(2)8-4-5-10(12)9(6-8)11-15(3,13)14;1-5(2)6-3-4-7(12)8-9(6)14-10(13)11-8;1-7(2)8-3-4-10(13)9(5-8)11-6-12;1-7(2)8-3-4-10(12)9(5-8)6-11;1-6(2)7-3-8(10)5-9(11)4-7;/h4-5,7,13-14H,3,6H2,1-2H3;3,5,7,14H,4,6H2,1-2H3,(H,13,15);3-7,14H,1-2H3,(H,13,15);3-4,6,13H,5H2,1-2H3,(H,12,14);4-7,11-12H,1-3H3;3-5,12H,1-2H3,(H,11,13);3-7,13H,1-2H3,(H,11,12);3-5,7,11-12H,6H2,1-2H3;3-6,10-11H,1-2H3;1H4. The van der Waals surface area contributed by atoms with Gasteiger partial charge in [-0.05, 0) is 195 Å². The van der Waals surface area contributed by atoms with Gasteiger partial charge >= 0.3 is 4.87 Å². The van der Waals surface area contributed by atoms with E-state index in [0.29, 0.717) is 100 Å². The maximum absolute atomic E-state index is 11.2. The van der Waals surface area contributed by atoms with Crippen LogP contribution in [-0.2, 0) is 37.4 Å². The molecule has 5 heterocycles. The molecule has 9 aromatic carbocycles. The van der Waals surface area contributed by atoms with Crippen LogP contribution in [0.1, 0.15) is 253 Å². The van der Waals surface area contributed by atoms with Gasteiger partial charge in [0.25, 0.3) is 5.91 Å². The number of hydrogen-bond acceptors (Lipinski definition) is 22. The van der Waals surface area contributed by atoms with Crippen molar-refractivity contribution >= 4 is 89.1 Å². The molecule has 11 aromatic rings. The summed E-state index contributed by atoms with van der Waals surface area (Å²) >= 11 is 1.15. The Morgan fingerprint density at radius 1 is 0.437 bits per heavy atom. The van der Waals surface area contributed by atoms with Gasteiger partial charge in [0, 0.05) is 46.8 Å². The van der Waals surface area contributed by atoms with Gasteiger partial charge in [-0.25, -0.2) is 8.42 Å². The normalized spacial score (nSPS) is 12.2. The predicted octanol–water partition coefficient (Wildman–Crippen LogP) is 20.7. The first-order chi connectivity index (χ1) is 58.6. The lowest BCUT2D eigenvalue weighted by atomic mass is 9.90. The van der Waals surface area contributed by atoms with Crippen LogP contribution in [0.15, 0.2) is 167 Å². The van der Waals surface area contributed by atoms with E-state index in [1.165, 1.54) is 23.8 Å². The molecule has 0 unspecified atom stereocenters. The van der Waals surface area contributed by atoms with Crippen molar-refractivity contribution in [2.45, 2.75) is 205 Å². The molecule has 0 spiro atoms. The van der Waals surface area contributed by atoms with Crippen LogP contribution in [0, 0.1) is 0 Å². The van der Waals surface area contributed by atoms with Crippen LogP contribution < -0.4 is 45.9 Å². The summed E-state index contributed by atoms with van der Waals surface area (Å²) in [5, 5.41) is 115. The minimum atomic E-state index is -3.35. The number of phenols is 10. The molecule has 18 N–H and O–H groups in total. The van der Waals surface area contributed by atoms with Gasteiger partial charge in [-0.1, -0.05) is 192 Å². The largest absolute Gasteiger partial charge is 0.508 e. The third-order valence-electron chi connectivity index (χ3n) is 19.8. The number of carbonyl (C=O) groups excluding carboxylic acids is 3. The van der Waals surface area contributed by atoms with Crippen molar-refractivity contribution < 1.29 is 88.4 Å². The molecule has 29 heteroatoms. The Labute approximate surface area is 741 Å². The fourth-order valence-electron chi connectivity index (χ4n) is 13.0. The molecule has 0 bridgehead atoms. The van der Waals surface area contributed by atoms with Crippen molar-refractivity contribution in [1.82, 2.24) is 9.97 Å². The van der Waals surface area contributed by atoms with Crippen LogP contribution >= 0.6 is 11.3 Å². The molecule has 2 aromatic heterocycles. The van der Waals surface area contributed by atoms with E-state index in [-0.39, 0.29) is 118 Å². The van der Waals surface area contributed by atoms with Gasteiger partial charge in [0.1, 0.15) is 81.1 Å². The molecule has 27 nitrogen and oxygen atoms in total. The van der Waals surface area contributed by atoms with E-state index < -0.39 is 10.0 Å². The topological polar surface area (TPSA) is 452 Å². The lowest BCUT2D eigenvalue weighted by Gasteiger charge is -2.24. The number of rotatable bonds is 14. The number of aromatic nitrogens is 2. The van der Waals surface area contributed by atoms with Gasteiger partial charge in [0.05, 0.1) is 45.8 Å². The van der Waals surface area contributed by atoms with E-state index in [1.54, 1.807) is 84.9 Å². The second kappa shape index (κ2) is 47.3. The summed E-state index contributed by atoms with van der Waals surface area (Å²) in [4.78, 5) is 60.0. The number of nitrogens with one attached hydrogen (secondary N) is 7. The first kappa shape index (κ1) is 104. The first-order valence-corrected chi connectivity index (χ1v) is 43.7. The lowest BCUT2D eigenvalue weighted by Crippen LogP contribution is -2.26. The number of ether oxygens (including phenoxy) is 2. The smallest absolute Gasteiger partial charge is 0.305 e. The number of aromatic hydroxyl groups is 10. The molecule has 14 rings (SSSR count). The summed E-state index contributed by atoms with van der Waals surface area (Å²) in [6, 6.07) is 40.7. The quantitative estimate of drug-likeness (QED) is 0.0355. The van der Waals surface area contributed by atoms with Gasteiger partial charge in [-0.3, -0.25) is 28.7 Å². The minimum Gasteiger partial charge on any atom is -0.508 e. The average Bonchev–Trinajstić information content (AvgIpc) is 1.79. The van der Waals surface area contributed by atoms with Gasteiger partial charge in [-0.2, -0.15) is 0 Å². The molecule has 0 atom stereocenters. The molecule has 126 heavy (non-hydrogen) atoms. The molecule has 0 radical (unpaired) electrons. The van der Waals surface area contributed by atoms with E-state index in [0.717, 1.165) is 101 Å². The van der Waals surface area contributed by atoms with Crippen LogP contribution in [0.25, 0.3) is 21.1 Å². The van der Waals surface area contributed by atoms with Crippen LogP contribution in [0.4, 0.5) is 28.4 Å². The van der Waals surface area contributed by atoms with Crippen molar-refractivity contribution in [3.8, 4) is 69.0 Å². The number of pyridine rings is 1. The Kier molecular flexibility index (Phi) is 38.9. The molecule has 0 aliphatic carbocycles. The second-order valence-corrected chi connectivity index (χ2v) is 35.5. The molecule has 0 saturated carbocycles. The maximum Gasteiger partial charge on any atom is 0.305 e. The Hall–Kier alpha value is -12.9. The second-order valence-electron chi connectivity index (χ2n) is 32.8. The fraction of sp³-hybridized carbons (Fsp3) is 0.351. The van der Waals surface area contributed by atoms with Crippen molar-refractivity contribution in [2.75, 3.05) is 45.5 Å². The van der Waals surface area contributed by atoms with Gasteiger partial charge in [-0.15, -0.1) is 0 Å². The summed E-state index contributed by atoms with van der Waals surface area (Å²) in [6.45, 7) is 41.2. The van der Waals surface area contributed by atoms with Crippen molar-refractivity contribution in [3.05, 3.63) is 239 Å². The zero-order valence-electron chi connectivity index (χ0n) is 74.3. The zero-order valence-corrected chi connectivity index (χ0v) is 75.9. The van der Waals surface area contributed by atoms with Crippen LogP contribution in [0.5, 0.6) is 69.0 Å². The Morgan fingerprint density at radius 2 is 0.897 bits per heavy atom. The number of sulfonamides is 1. The number of amides is 3. The highest BCUT2D eigenvalue weighted by Crippen LogP contribution is 2.44. The van der Waals surface area contributed by atoms with Crippen LogP contribution in [0.3, 0.4) is 0 Å². The Morgan fingerprint density at radius 3 is 1.43 bits per heavy atom. The molecule has 3 aliphatic heterocycles. The van der Waals surface area contributed by atoms with Gasteiger partial charge < -0.3 is 96.9 Å². The number of benzene rings is 9. The summed E-state index contributed by atoms with van der Waals surface area (Å²) in [7, 11) is -3.35. The molecular formula is C97H125N7O20S2. The molecular weight excluding hydrogens is 1650 g/mol. The predicted molar refractivity (Wildman–Crippen MR) is 506 cm³/mol. The lowest BCUT2D eigenvalue weighted by molar-refractivity contribution is -0.119. The number of phenolic OH excluding ortho intramolecular Hbond substituents is 9. The number of fused-ring (bicyclic) bond motifs is 5. The Balaban J connectivity index is 0.000000252. The maximum atomic E-state index is 11.2. The third kappa shape index (κ3) is 30.0. The summed E-state index contributed by atoms with van der Waals surface area (Å²) in [5.41, 5.74) is 15.4. The van der Waals surface area contributed by atoms with E-state index >= 15 is 0 Å². The number of carbonyl (C=O) groups is 3. The number of aliphatic hydroxyl groups is 1. The van der Waals surface area contributed by atoms with Gasteiger partial charge in [0.15, 0.2) is 12.4 Å². The summed E-state index contributed by atoms with van der Waals surface area (Å²) in [5.74, 6) is 5.47. The minimum absolute atomic E-state index is 0. The number of thiazole rings is 1. The number of hydrogen-bond donors (Lipinski definition) is 18. The highest BCUT2D eigenvalue weighted by molar-refractivity contribution is 7.92. The van der Waals surface area contributed by atoms with E-state index in [2.05, 4.69) is 126 Å². The van der Waals surface area contributed by atoms with E-state index in [4.69, 9.17) is 24.8 Å². The SMILES string of the molecule is C.C=C1COc2c(cc(O)cc2C(C)C)N1.CC(C)c1cc(O)cc(O)c1.CC(C)c1ccc(O)c(CO)c1.CC(C)c1ccc(O)c(NC=O)c1.CC(C)c1ccc(O)c(NS(C)(=O)=O)c1.CC(C)c1ccc(O)c2[nH]c(=O)ccc12.CC(C)c1ccc(O)c2[nH]c(=O)sc12.CC(C)c1ccc(O)c2c1CCC(=O)N2.CC(C)c1ccc(O)c2c1OCC(=O)N2. The molecule has 3 aliphatic rings. The molecule has 3 amide bonds. The molecule has 0 fully saturated rings. The van der Waals surface area contributed by atoms with E-state index in [9.17, 15) is 73.2 Å². The summed E-state index contributed by atoms with van der Waals surface area (Å²) in [6.07, 6.45) is 2.84. The number of anilines is 5. The fourth-order valence-corrected chi connectivity index (χ4v) is 14.5. The van der Waals surface area contributed by atoms with Crippen LogP contribution in [0.2, 0.25) is 0 Å². The third-order valence-corrected chi connectivity index (χ3v) is 21.3. The number of aliphatic hydroxyl groups excluding tert-OH is 1. The first-order valence-electron chi connectivity index (χ1n) is 41.0. The zero-order chi connectivity index (χ0) is 93.3. The van der Waals surface area contributed by atoms with Crippen LogP contribution in [-0.4, -0.2) is 112 Å². The number of H-pyrrole nitrogens is 2. The average molecular weight is 1770 g/mol. The Bertz CT molecular complexity index is 5710. The highest BCUT2D eigenvalue weighted by atomic mass is 32.2. The molecule has 0 saturated heterocycles. The van der Waals surface area contributed by atoms with Gasteiger partial charge in [0.2, 0.25) is 27.9 Å². The highest BCUT2D eigenvalue weighted by Gasteiger charge is 2.26. The van der Waals surface area contributed by atoms with Crippen molar-refractivity contribution in [3.63, 3.8) is 0 Å². The number of aromatic amines is 2. The van der Waals surface area contributed by atoms with Crippen molar-refractivity contribution in [2.24, 2.45) is 0 Å². The summed E-state index contributed by atoms with van der Waals surface area (Å²) < 4.78 is 36.1.